The van der Waals surface area contributed by atoms with Crippen molar-refractivity contribution in [3.8, 4) is 0 Å². The van der Waals surface area contributed by atoms with Gasteiger partial charge in [0.2, 0.25) is 0 Å². The van der Waals surface area contributed by atoms with Crippen LogP contribution in [0.3, 0.4) is 0 Å². The summed E-state index contributed by atoms with van der Waals surface area (Å²) in [7, 11) is 0. The normalized spacial score (nSPS) is 10.5. The van der Waals surface area contributed by atoms with E-state index in [1.165, 1.54) is 0 Å². The van der Waals surface area contributed by atoms with Crippen molar-refractivity contribution in [2.75, 3.05) is 0 Å². The number of nitrogens with one attached hydrogen (secondary N) is 1. The van der Waals surface area contributed by atoms with Gasteiger partial charge in [0, 0.05) is 11.6 Å². The SMILES string of the molecule is O=C(O)Cc1c(C(F)F)cc(=O)[nH]c1[N+](=O)[O-]. The van der Waals surface area contributed by atoms with Crippen molar-refractivity contribution in [3.63, 3.8) is 0 Å². The van der Waals surface area contributed by atoms with Gasteiger partial charge in [-0.2, -0.15) is 0 Å². The fraction of sp³-hybridized carbons (Fsp3) is 0.250. The first-order chi connectivity index (χ1) is 7.82. The number of alkyl halides is 2. The van der Waals surface area contributed by atoms with Crippen molar-refractivity contribution in [2.45, 2.75) is 12.8 Å². The number of nitrogens with zero attached hydrogens (tertiary/aromatic N) is 1. The molecular formula is C8H6F2N2O5. The molecule has 0 saturated carbocycles. The summed E-state index contributed by atoms with van der Waals surface area (Å²) in [4.78, 5) is 32.5. The van der Waals surface area contributed by atoms with Crippen molar-refractivity contribution in [3.05, 3.63) is 37.7 Å². The number of halogens is 2. The Balaban J connectivity index is 3.52. The molecule has 7 nitrogen and oxygen atoms in total. The van der Waals surface area contributed by atoms with Crippen LogP contribution < -0.4 is 5.56 Å². The summed E-state index contributed by atoms with van der Waals surface area (Å²) in [5.74, 6) is -2.53. The number of carbonyl (C=O) groups is 1. The average molecular weight is 248 g/mol. The topological polar surface area (TPSA) is 113 Å². The molecule has 0 fully saturated rings. The smallest absolute Gasteiger partial charge is 0.332 e. The molecule has 0 aliphatic carbocycles. The molecule has 9 heteroatoms. The van der Waals surface area contributed by atoms with Crippen LogP contribution >= 0.6 is 0 Å². The van der Waals surface area contributed by atoms with Crippen molar-refractivity contribution in [1.82, 2.24) is 4.98 Å². The summed E-state index contributed by atoms with van der Waals surface area (Å²) < 4.78 is 25.1. The molecule has 17 heavy (non-hydrogen) atoms. The molecular weight excluding hydrogens is 242 g/mol. The standard InChI is InChI=1S/C8H6F2N2O5/c9-7(10)3-1-5(13)11-8(12(16)17)4(3)2-6(14)15/h1,7H,2H2,(H,11,13)(H,14,15). The summed E-state index contributed by atoms with van der Waals surface area (Å²) >= 11 is 0. The van der Waals surface area contributed by atoms with E-state index in [-0.39, 0.29) is 0 Å². The van der Waals surface area contributed by atoms with Crippen molar-refractivity contribution < 1.29 is 23.6 Å². The highest BCUT2D eigenvalue weighted by atomic mass is 19.3. The molecule has 0 spiro atoms. The zero-order valence-electron chi connectivity index (χ0n) is 8.15. The lowest BCUT2D eigenvalue weighted by molar-refractivity contribution is -0.390. The number of rotatable bonds is 4. The van der Waals surface area contributed by atoms with Crippen molar-refractivity contribution in [1.29, 1.82) is 0 Å². The van der Waals surface area contributed by atoms with E-state index >= 15 is 0 Å². The summed E-state index contributed by atoms with van der Waals surface area (Å²) in [5, 5.41) is 19.0. The van der Waals surface area contributed by atoms with Crippen LogP contribution in [0.5, 0.6) is 0 Å². The monoisotopic (exact) mass is 248 g/mol. The second kappa shape index (κ2) is 4.68. The van der Waals surface area contributed by atoms with Crippen LogP contribution in [-0.2, 0) is 11.2 Å². The maximum absolute atomic E-state index is 12.5. The predicted octanol–water partition coefficient (Wildman–Crippen LogP) is 0.848. The first-order valence-corrected chi connectivity index (χ1v) is 4.23. The van der Waals surface area contributed by atoms with Gasteiger partial charge >= 0.3 is 17.3 Å². The quantitative estimate of drug-likeness (QED) is 0.605. The van der Waals surface area contributed by atoms with Gasteiger partial charge in [-0.15, -0.1) is 0 Å². The number of aliphatic carboxylic acids is 1. The summed E-state index contributed by atoms with van der Waals surface area (Å²) in [5.41, 5.74) is -2.72. The zero-order valence-corrected chi connectivity index (χ0v) is 8.15. The highest BCUT2D eigenvalue weighted by molar-refractivity contribution is 5.72. The highest BCUT2D eigenvalue weighted by Gasteiger charge is 2.25. The van der Waals surface area contributed by atoms with Gasteiger partial charge in [-0.3, -0.25) is 4.79 Å². The van der Waals surface area contributed by atoms with Crippen LogP contribution in [0.15, 0.2) is 10.9 Å². The molecule has 92 valence electrons. The number of nitro groups is 1. The van der Waals surface area contributed by atoms with Gasteiger partial charge in [-0.25, -0.2) is 18.6 Å². The Kier molecular flexibility index (Phi) is 3.51. The minimum absolute atomic E-state index is 0.454. The third-order valence-corrected chi connectivity index (χ3v) is 1.91. The number of carboxylic acids is 1. The van der Waals surface area contributed by atoms with E-state index in [2.05, 4.69) is 0 Å². The van der Waals surface area contributed by atoms with Crippen molar-refractivity contribution in [2.24, 2.45) is 0 Å². The second-order valence-electron chi connectivity index (χ2n) is 3.04. The molecule has 0 aromatic carbocycles. The molecule has 0 aliphatic rings. The van der Waals surface area contributed by atoms with Crippen LogP contribution in [0.2, 0.25) is 0 Å². The van der Waals surface area contributed by atoms with Gasteiger partial charge in [0.1, 0.15) is 0 Å². The molecule has 0 atom stereocenters. The maximum atomic E-state index is 12.5. The average Bonchev–Trinajstić information content (AvgIpc) is 2.18. The summed E-state index contributed by atoms with van der Waals surface area (Å²) in [6, 6.07) is 0.454. The Bertz CT molecular complexity index is 525. The van der Waals surface area contributed by atoms with Gasteiger partial charge in [-0.05, 0) is 4.92 Å². The fourth-order valence-electron chi connectivity index (χ4n) is 1.28. The molecule has 0 amide bonds. The lowest BCUT2D eigenvalue weighted by atomic mass is 10.1. The lowest BCUT2D eigenvalue weighted by Crippen LogP contribution is -2.16. The van der Waals surface area contributed by atoms with Gasteiger partial charge in [0.15, 0.2) is 0 Å². The number of aromatic amines is 1. The number of aromatic nitrogens is 1. The molecule has 1 rings (SSSR count). The molecule has 0 radical (unpaired) electrons. The van der Waals surface area contributed by atoms with E-state index in [0.717, 1.165) is 0 Å². The van der Waals surface area contributed by atoms with Crippen LogP contribution in [-0.4, -0.2) is 21.0 Å². The second-order valence-corrected chi connectivity index (χ2v) is 3.04. The Morgan fingerprint density at radius 2 is 2.18 bits per heavy atom. The number of hydrogen-bond donors (Lipinski definition) is 2. The van der Waals surface area contributed by atoms with Gasteiger partial charge < -0.3 is 15.2 Å². The Hall–Kier alpha value is -2.32. The molecule has 1 heterocycles. The maximum Gasteiger partial charge on any atom is 0.332 e. The summed E-state index contributed by atoms with van der Waals surface area (Å²) in [6.07, 6.45) is -4.13. The molecule has 0 saturated heterocycles. The lowest BCUT2D eigenvalue weighted by Gasteiger charge is -2.07. The summed E-state index contributed by atoms with van der Waals surface area (Å²) in [6.45, 7) is 0. The first kappa shape index (κ1) is 12.7. The molecule has 1 aromatic heterocycles. The Labute approximate surface area is 91.8 Å². The predicted molar refractivity (Wildman–Crippen MR) is 50.0 cm³/mol. The fourth-order valence-corrected chi connectivity index (χ4v) is 1.28. The number of H-pyrrole nitrogens is 1. The van der Waals surface area contributed by atoms with Crippen LogP contribution in [0.4, 0.5) is 14.6 Å². The van der Waals surface area contributed by atoms with E-state index in [4.69, 9.17) is 5.11 Å². The van der Waals surface area contributed by atoms with Crippen LogP contribution in [0, 0.1) is 10.1 Å². The highest BCUT2D eigenvalue weighted by Crippen LogP contribution is 2.27. The Morgan fingerprint density at radius 3 is 2.59 bits per heavy atom. The van der Waals surface area contributed by atoms with E-state index in [1.807, 2.05) is 0 Å². The molecule has 0 bridgehead atoms. The zero-order chi connectivity index (χ0) is 13.2. The minimum atomic E-state index is -3.16. The molecule has 1 aromatic rings. The van der Waals surface area contributed by atoms with E-state index in [9.17, 15) is 28.5 Å². The van der Waals surface area contributed by atoms with E-state index in [1.54, 1.807) is 4.98 Å². The van der Waals surface area contributed by atoms with Gasteiger partial charge in [0.25, 0.3) is 6.43 Å². The molecule has 2 N–H and O–H groups in total. The number of hydrogen-bond acceptors (Lipinski definition) is 4. The van der Waals surface area contributed by atoms with Crippen molar-refractivity contribution >= 4 is 11.8 Å². The minimum Gasteiger partial charge on any atom is -0.481 e. The molecule has 0 aliphatic heterocycles. The third kappa shape index (κ3) is 2.83. The largest absolute Gasteiger partial charge is 0.481 e. The number of pyridine rings is 1. The third-order valence-electron chi connectivity index (χ3n) is 1.91. The first-order valence-electron chi connectivity index (χ1n) is 4.23. The van der Waals surface area contributed by atoms with Crippen LogP contribution in [0.1, 0.15) is 17.6 Å². The van der Waals surface area contributed by atoms with Crippen LogP contribution in [0.25, 0.3) is 0 Å². The van der Waals surface area contributed by atoms with E-state index in [0.29, 0.717) is 6.07 Å². The van der Waals surface area contributed by atoms with Gasteiger partial charge in [0.05, 0.1) is 12.0 Å². The molecule has 0 unspecified atom stereocenters. The van der Waals surface area contributed by atoms with Gasteiger partial charge in [-0.1, -0.05) is 0 Å². The van der Waals surface area contributed by atoms with E-state index < -0.39 is 46.2 Å². The number of carboxylic acid groups (broad SMARTS) is 1. The Morgan fingerprint density at radius 1 is 1.59 bits per heavy atom.